The van der Waals surface area contributed by atoms with Gasteiger partial charge in [0.1, 0.15) is 0 Å². The minimum absolute atomic E-state index is 1.30. The molecule has 0 saturated carbocycles. The first-order chi connectivity index (χ1) is 13.1. The van der Waals surface area contributed by atoms with Crippen molar-refractivity contribution in [3.63, 3.8) is 0 Å². The molecule has 0 amide bonds. The minimum Gasteiger partial charge on any atom is -0.202 e. The van der Waals surface area contributed by atoms with Crippen LogP contribution < -0.4 is 0 Å². The van der Waals surface area contributed by atoms with Gasteiger partial charge in [0.2, 0.25) is 0 Å². The molecule has 0 nitrogen and oxygen atoms in total. The van der Waals surface area contributed by atoms with Crippen molar-refractivity contribution in [1.29, 1.82) is 0 Å². The van der Waals surface area contributed by atoms with E-state index in [1.165, 1.54) is 25.1 Å². The van der Waals surface area contributed by atoms with Crippen LogP contribution >= 0.6 is 9.16 Å². The molecule has 136 valence electrons. The van der Waals surface area contributed by atoms with Crippen LogP contribution in [0.4, 0.5) is 0 Å². The van der Waals surface area contributed by atoms with Crippen molar-refractivity contribution in [2.45, 2.75) is 26.5 Å². The highest BCUT2D eigenvalue weighted by Gasteiger charge is 2.43. The standard InChI is InChI=1S/C26H26S/c1-22-13-12-20-26(21-22)27(2,23-14-6-3-7-15-23,24-16-8-4-9-17-24)25-18-10-5-11-19-25/h3-21,27H,1-2H3. The summed E-state index contributed by atoms with van der Waals surface area (Å²) in [5.41, 5.74) is 1.30. The summed E-state index contributed by atoms with van der Waals surface area (Å²) < 4.78 is 0. The Kier molecular flexibility index (Phi) is 4.41. The smallest absolute Gasteiger partial charge is 0.0138 e. The summed E-state index contributed by atoms with van der Waals surface area (Å²) in [5, 5.41) is 0. The molecule has 27 heavy (non-hydrogen) atoms. The van der Waals surface area contributed by atoms with Crippen molar-refractivity contribution < 1.29 is 0 Å². The van der Waals surface area contributed by atoms with E-state index in [2.05, 4.69) is 128 Å². The lowest BCUT2D eigenvalue weighted by Crippen LogP contribution is -2.19. The van der Waals surface area contributed by atoms with Crippen LogP contribution in [0.25, 0.3) is 0 Å². The molecular weight excluding hydrogens is 344 g/mol. The van der Waals surface area contributed by atoms with Crippen LogP contribution in [0.2, 0.25) is 0 Å². The van der Waals surface area contributed by atoms with Gasteiger partial charge in [-0.2, -0.15) is 0 Å². The summed E-state index contributed by atoms with van der Waals surface area (Å²) in [7, 11) is -2.85. The monoisotopic (exact) mass is 370 g/mol. The van der Waals surface area contributed by atoms with E-state index in [1.54, 1.807) is 0 Å². The van der Waals surface area contributed by atoms with Crippen molar-refractivity contribution in [3.05, 3.63) is 121 Å². The lowest BCUT2D eigenvalue weighted by molar-refractivity contribution is 1.19. The Morgan fingerprint density at radius 1 is 0.444 bits per heavy atom. The van der Waals surface area contributed by atoms with Crippen LogP contribution in [0.1, 0.15) is 5.56 Å². The van der Waals surface area contributed by atoms with Gasteiger partial charge in [0.05, 0.1) is 0 Å². The van der Waals surface area contributed by atoms with Gasteiger partial charge in [-0.05, 0) is 38.8 Å². The molecule has 4 aromatic rings. The molecule has 0 fully saturated rings. The van der Waals surface area contributed by atoms with E-state index in [4.69, 9.17) is 0 Å². The predicted octanol–water partition coefficient (Wildman–Crippen LogP) is 7.23. The largest absolute Gasteiger partial charge is 0.202 e. The fraction of sp³-hybridized carbons (Fsp3) is 0.0769. The van der Waals surface area contributed by atoms with Crippen LogP contribution in [-0.2, 0) is 0 Å². The number of thiol groups is 1. The van der Waals surface area contributed by atoms with E-state index >= 15 is 0 Å². The van der Waals surface area contributed by atoms with E-state index in [-0.39, 0.29) is 0 Å². The molecule has 0 atom stereocenters. The SMILES string of the molecule is Cc1cccc([SH](C)(c2ccccc2)(c2ccccc2)c2ccccc2)c1. The zero-order valence-corrected chi connectivity index (χ0v) is 16.8. The fourth-order valence-corrected chi connectivity index (χ4v) is 9.80. The third-order valence-corrected chi connectivity index (χ3v) is 12.2. The Labute approximate surface area is 162 Å². The normalized spacial score (nSPS) is 12.9. The first-order valence-electron chi connectivity index (χ1n) is 9.40. The summed E-state index contributed by atoms with van der Waals surface area (Å²) >= 11 is 0. The highest BCUT2D eigenvalue weighted by atomic mass is 32.3. The molecule has 4 aromatic carbocycles. The topological polar surface area (TPSA) is 0 Å². The summed E-state index contributed by atoms with van der Waals surface area (Å²) in [6.07, 6.45) is 2.50. The maximum atomic E-state index is 2.50. The number of hydrogen-bond donors (Lipinski definition) is 1. The average Bonchev–Trinajstić information content (AvgIpc) is 2.75. The van der Waals surface area contributed by atoms with E-state index in [0.29, 0.717) is 0 Å². The molecule has 0 unspecified atom stereocenters. The van der Waals surface area contributed by atoms with Gasteiger partial charge in [-0.15, -0.1) is 0 Å². The van der Waals surface area contributed by atoms with Crippen molar-refractivity contribution >= 4 is 9.16 Å². The van der Waals surface area contributed by atoms with Crippen LogP contribution in [0.5, 0.6) is 0 Å². The van der Waals surface area contributed by atoms with Crippen molar-refractivity contribution in [2.24, 2.45) is 0 Å². The van der Waals surface area contributed by atoms with Gasteiger partial charge in [-0.1, -0.05) is 115 Å². The van der Waals surface area contributed by atoms with Crippen LogP contribution in [-0.4, -0.2) is 6.26 Å². The second kappa shape index (κ2) is 6.75. The molecular formula is C26H26S. The van der Waals surface area contributed by atoms with E-state index in [9.17, 15) is 0 Å². The number of benzene rings is 4. The lowest BCUT2D eigenvalue weighted by Gasteiger charge is -2.60. The van der Waals surface area contributed by atoms with Gasteiger partial charge in [0, 0.05) is 0 Å². The molecule has 0 bridgehead atoms. The Morgan fingerprint density at radius 3 is 1.19 bits per heavy atom. The zero-order valence-electron chi connectivity index (χ0n) is 15.9. The third-order valence-electron chi connectivity index (χ3n) is 5.85. The Hall–Kier alpha value is -2.77. The quantitative estimate of drug-likeness (QED) is 0.360. The molecule has 0 aliphatic heterocycles. The second-order valence-electron chi connectivity index (χ2n) is 7.41. The van der Waals surface area contributed by atoms with Crippen LogP contribution in [0, 0.1) is 6.92 Å². The van der Waals surface area contributed by atoms with E-state index < -0.39 is 9.16 Å². The molecule has 0 spiro atoms. The van der Waals surface area contributed by atoms with Crippen LogP contribution in [0.15, 0.2) is 135 Å². The highest BCUT2D eigenvalue weighted by Crippen LogP contribution is 2.87. The third kappa shape index (κ3) is 2.62. The molecule has 1 heteroatoms. The lowest BCUT2D eigenvalue weighted by atomic mass is 10.2. The maximum Gasteiger partial charge on any atom is -0.0138 e. The molecule has 0 aliphatic rings. The summed E-state index contributed by atoms with van der Waals surface area (Å²) in [6, 6.07) is 42.3. The molecule has 0 aromatic heterocycles. The number of rotatable bonds is 4. The van der Waals surface area contributed by atoms with Crippen LogP contribution in [0.3, 0.4) is 0 Å². The number of hydrogen-bond acceptors (Lipinski definition) is 0. The first-order valence-corrected chi connectivity index (χ1v) is 12.1. The Balaban J connectivity index is 2.24. The molecule has 0 aliphatic carbocycles. The summed E-state index contributed by atoms with van der Waals surface area (Å²) in [6.45, 7) is 2.19. The maximum absolute atomic E-state index is 2.85. The van der Waals surface area contributed by atoms with Gasteiger partial charge >= 0.3 is 0 Å². The van der Waals surface area contributed by atoms with Gasteiger partial charge < -0.3 is 0 Å². The summed E-state index contributed by atoms with van der Waals surface area (Å²) in [5.74, 6) is 0. The highest BCUT2D eigenvalue weighted by molar-refractivity contribution is 8.49. The minimum atomic E-state index is -2.85. The second-order valence-corrected chi connectivity index (χ2v) is 12.6. The van der Waals surface area contributed by atoms with Gasteiger partial charge in [0.15, 0.2) is 0 Å². The average molecular weight is 371 g/mol. The molecule has 4 rings (SSSR count). The fourth-order valence-electron chi connectivity index (χ4n) is 4.27. The zero-order chi connectivity index (χ0) is 18.8. The first kappa shape index (κ1) is 17.6. The molecule has 0 heterocycles. The summed E-state index contributed by atoms with van der Waals surface area (Å²) in [4.78, 5) is 5.59. The van der Waals surface area contributed by atoms with Gasteiger partial charge in [0.25, 0.3) is 0 Å². The van der Waals surface area contributed by atoms with Gasteiger partial charge in [-0.25, -0.2) is 9.16 Å². The van der Waals surface area contributed by atoms with Crippen molar-refractivity contribution in [1.82, 2.24) is 0 Å². The number of aryl methyl sites for hydroxylation is 1. The molecule has 0 N–H and O–H groups in total. The van der Waals surface area contributed by atoms with Crippen molar-refractivity contribution in [3.8, 4) is 0 Å². The Bertz CT molecular complexity index is 938. The molecule has 0 saturated heterocycles. The predicted molar refractivity (Wildman–Crippen MR) is 118 cm³/mol. The van der Waals surface area contributed by atoms with E-state index in [1.807, 2.05) is 0 Å². The van der Waals surface area contributed by atoms with Gasteiger partial charge in [-0.3, -0.25) is 0 Å². The van der Waals surface area contributed by atoms with E-state index in [0.717, 1.165) is 0 Å². The van der Waals surface area contributed by atoms with Crippen molar-refractivity contribution in [2.75, 3.05) is 6.26 Å². The molecule has 0 radical (unpaired) electrons. The Morgan fingerprint density at radius 2 is 0.815 bits per heavy atom.